The predicted octanol–water partition coefficient (Wildman–Crippen LogP) is 3.02. The van der Waals surface area contributed by atoms with Crippen molar-refractivity contribution in [3.05, 3.63) is 58.7 Å². The molecule has 6 heteroatoms. The topological polar surface area (TPSA) is 74.2 Å². The third kappa shape index (κ3) is 4.94. The summed E-state index contributed by atoms with van der Waals surface area (Å²) in [6, 6.07) is 12.7. The van der Waals surface area contributed by atoms with Crippen molar-refractivity contribution in [1.29, 1.82) is 0 Å². The van der Waals surface area contributed by atoms with Gasteiger partial charge in [0.05, 0.1) is 6.04 Å². The van der Waals surface area contributed by atoms with Crippen molar-refractivity contribution in [2.75, 3.05) is 19.0 Å². The van der Waals surface area contributed by atoms with Crippen molar-refractivity contribution < 1.29 is 9.90 Å². The summed E-state index contributed by atoms with van der Waals surface area (Å²) in [6.45, 7) is 0.0875. The number of anilines is 1. The average Bonchev–Trinajstić information content (AvgIpc) is 2.58. The second-order valence-corrected chi connectivity index (χ2v) is 5.50. The highest BCUT2D eigenvalue weighted by atomic mass is 35.5. The lowest BCUT2D eigenvalue weighted by Crippen LogP contribution is -2.29. The Morgan fingerprint density at radius 3 is 2.70 bits per heavy atom. The Kier molecular flexibility index (Phi) is 6.38. The molecule has 1 aromatic carbocycles. The third-order valence-electron chi connectivity index (χ3n) is 3.47. The van der Waals surface area contributed by atoms with Crippen molar-refractivity contribution in [3.63, 3.8) is 0 Å². The Labute approximate surface area is 140 Å². The number of pyridine rings is 1. The maximum Gasteiger partial charge on any atom is 0.252 e. The van der Waals surface area contributed by atoms with Gasteiger partial charge in [-0.3, -0.25) is 4.79 Å². The molecule has 0 radical (unpaired) electrons. The molecule has 1 aromatic heterocycles. The fourth-order valence-electron chi connectivity index (χ4n) is 2.30. The van der Waals surface area contributed by atoms with Crippen LogP contribution < -0.4 is 10.6 Å². The van der Waals surface area contributed by atoms with Crippen LogP contribution in [0.3, 0.4) is 0 Å². The van der Waals surface area contributed by atoms with Crippen LogP contribution in [0.25, 0.3) is 0 Å². The zero-order valence-corrected chi connectivity index (χ0v) is 13.7. The Morgan fingerprint density at radius 2 is 2.04 bits per heavy atom. The largest absolute Gasteiger partial charge is 0.396 e. The molecular weight excluding hydrogens is 314 g/mol. The van der Waals surface area contributed by atoms with Gasteiger partial charge in [0.15, 0.2) is 0 Å². The Hall–Kier alpha value is -2.11. The van der Waals surface area contributed by atoms with E-state index in [1.165, 1.54) is 6.07 Å². The first-order chi connectivity index (χ1) is 11.1. The summed E-state index contributed by atoms with van der Waals surface area (Å²) in [6.07, 6.45) is 1.27. The zero-order chi connectivity index (χ0) is 16.7. The molecule has 1 atom stereocenters. The van der Waals surface area contributed by atoms with Gasteiger partial charge in [-0.15, -0.1) is 0 Å². The van der Waals surface area contributed by atoms with E-state index in [1.807, 2.05) is 30.3 Å². The number of carbonyl (C=O) groups excluding carboxylic acids is 1. The summed E-state index contributed by atoms with van der Waals surface area (Å²) >= 11 is 5.95. The maximum absolute atomic E-state index is 12.5. The molecule has 0 aliphatic carbocycles. The van der Waals surface area contributed by atoms with E-state index in [1.54, 1.807) is 13.1 Å². The number of hydrogen-bond acceptors (Lipinski definition) is 4. The SMILES string of the molecule is CNc1cc(C(=O)NC(CCCO)c2ccccc2)cc(Cl)n1. The lowest BCUT2D eigenvalue weighted by molar-refractivity contribution is 0.0932. The second kappa shape index (κ2) is 8.50. The number of benzene rings is 1. The van der Waals surface area contributed by atoms with E-state index in [4.69, 9.17) is 16.7 Å². The number of nitrogens with one attached hydrogen (secondary N) is 2. The number of hydrogen-bond donors (Lipinski definition) is 3. The fraction of sp³-hybridized carbons (Fsp3) is 0.294. The van der Waals surface area contributed by atoms with Crippen LogP contribution in [0.2, 0.25) is 5.15 Å². The van der Waals surface area contributed by atoms with Crippen molar-refractivity contribution in [3.8, 4) is 0 Å². The number of amides is 1. The lowest BCUT2D eigenvalue weighted by Gasteiger charge is -2.19. The van der Waals surface area contributed by atoms with Gasteiger partial charge >= 0.3 is 0 Å². The van der Waals surface area contributed by atoms with Gasteiger partial charge < -0.3 is 15.7 Å². The van der Waals surface area contributed by atoms with E-state index < -0.39 is 0 Å². The molecule has 0 saturated heterocycles. The van der Waals surface area contributed by atoms with Crippen LogP contribution >= 0.6 is 11.6 Å². The number of nitrogens with zero attached hydrogens (tertiary/aromatic N) is 1. The number of aromatic nitrogens is 1. The van der Waals surface area contributed by atoms with Crippen molar-refractivity contribution in [1.82, 2.24) is 10.3 Å². The molecule has 5 nitrogen and oxygen atoms in total. The minimum atomic E-state index is -0.224. The summed E-state index contributed by atoms with van der Waals surface area (Å²) < 4.78 is 0. The van der Waals surface area contributed by atoms with Crippen LogP contribution in [-0.4, -0.2) is 29.7 Å². The summed E-state index contributed by atoms with van der Waals surface area (Å²) in [7, 11) is 1.72. The van der Waals surface area contributed by atoms with Gasteiger partial charge in [-0.1, -0.05) is 41.9 Å². The van der Waals surface area contributed by atoms with E-state index in [0.717, 1.165) is 5.56 Å². The molecule has 122 valence electrons. The number of carbonyl (C=O) groups is 1. The van der Waals surface area contributed by atoms with Gasteiger partial charge in [0.2, 0.25) is 0 Å². The fourth-order valence-corrected chi connectivity index (χ4v) is 2.51. The average molecular weight is 334 g/mol. The zero-order valence-electron chi connectivity index (χ0n) is 12.9. The van der Waals surface area contributed by atoms with E-state index in [-0.39, 0.29) is 23.7 Å². The van der Waals surface area contributed by atoms with E-state index >= 15 is 0 Å². The van der Waals surface area contributed by atoms with Gasteiger partial charge in [-0.2, -0.15) is 0 Å². The first-order valence-electron chi connectivity index (χ1n) is 7.46. The minimum absolute atomic E-state index is 0.0875. The van der Waals surface area contributed by atoms with Crippen molar-refractivity contribution in [2.24, 2.45) is 0 Å². The lowest BCUT2D eigenvalue weighted by atomic mass is 10.0. The first-order valence-corrected chi connectivity index (χ1v) is 7.84. The molecule has 2 aromatic rings. The summed E-state index contributed by atoms with van der Waals surface area (Å²) in [5, 5.41) is 15.2. The number of aliphatic hydroxyl groups excluding tert-OH is 1. The monoisotopic (exact) mass is 333 g/mol. The summed E-state index contributed by atoms with van der Waals surface area (Å²) in [5.74, 6) is 0.312. The van der Waals surface area contributed by atoms with Crippen molar-refractivity contribution in [2.45, 2.75) is 18.9 Å². The molecule has 0 aliphatic rings. The molecule has 1 amide bonds. The molecule has 23 heavy (non-hydrogen) atoms. The minimum Gasteiger partial charge on any atom is -0.396 e. The van der Waals surface area contributed by atoms with Gasteiger partial charge in [0, 0.05) is 19.2 Å². The molecule has 2 rings (SSSR count). The first kappa shape index (κ1) is 17.2. The number of halogens is 1. The molecule has 0 spiro atoms. The molecule has 0 aliphatic heterocycles. The molecule has 3 N–H and O–H groups in total. The quantitative estimate of drug-likeness (QED) is 0.681. The highest BCUT2D eigenvalue weighted by molar-refractivity contribution is 6.29. The van der Waals surface area contributed by atoms with Crippen LogP contribution in [-0.2, 0) is 0 Å². The third-order valence-corrected chi connectivity index (χ3v) is 3.66. The molecule has 1 heterocycles. The Bertz CT molecular complexity index is 650. The van der Waals surface area contributed by atoms with E-state index in [9.17, 15) is 4.79 Å². The van der Waals surface area contributed by atoms with Crippen LogP contribution in [0.15, 0.2) is 42.5 Å². The smallest absolute Gasteiger partial charge is 0.252 e. The van der Waals surface area contributed by atoms with E-state index in [2.05, 4.69) is 15.6 Å². The maximum atomic E-state index is 12.5. The Balaban J connectivity index is 2.18. The molecule has 1 unspecified atom stereocenters. The number of aliphatic hydroxyl groups is 1. The molecule has 0 bridgehead atoms. The predicted molar refractivity (Wildman–Crippen MR) is 91.8 cm³/mol. The molecule has 0 fully saturated rings. The highest BCUT2D eigenvalue weighted by Gasteiger charge is 2.16. The van der Waals surface area contributed by atoms with E-state index in [0.29, 0.717) is 24.2 Å². The second-order valence-electron chi connectivity index (χ2n) is 5.12. The molecule has 0 saturated carbocycles. The van der Waals surface area contributed by atoms with Crippen molar-refractivity contribution >= 4 is 23.3 Å². The summed E-state index contributed by atoms with van der Waals surface area (Å²) in [5.41, 5.74) is 1.45. The van der Waals surface area contributed by atoms with Gasteiger partial charge in [0.1, 0.15) is 11.0 Å². The van der Waals surface area contributed by atoms with Crippen LogP contribution in [0.1, 0.15) is 34.8 Å². The molecular formula is C17H20ClN3O2. The van der Waals surface area contributed by atoms with Gasteiger partial charge in [-0.05, 0) is 30.5 Å². The highest BCUT2D eigenvalue weighted by Crippen LogP contribution is 2.20. The van der Waals surface area contributed by atoms with Gasteiger partial charge in [0.25, 0.3) is 5.91 Å². The van der Waals surface area contributed by atoms with Crippen LogP contribution in [0.4, 0.5) is 5.82 Å². The Morgan fingerprint density at radius 1 is 1.30 bits per heavy atom. The number of rotatable bonds is 7. The van der Waals surface area contributed by atoms with Crippen LogP contribution in [0, 0.1) is 0 Å². The normalized spacial score (nSPS) is 11.8. The van der Waals surface area contributed by atoms with Crippen LogP contribution in [0.5, 0.6) is 0 Å². The summed E-state index contributed by atoms with van der Waals surface area (Å²) in [4.78, 5) is 16.6. The van der Waals surface area contributed by atoms with Gasteiger partial charge in [-0.25, -0.2) is 4.98 Å². The standard InChI is InChI=1S/C17H20ClN3O2/c1-19-16-11-13(10-15(18)21-16)17(23)20-14(8-5-9-22)12-6-3-2-4-7-12/h2-4,6-7,10-11,14,22H,5,8-9H2,1H3,(H,19,21)(H,20,23).